The van der Waals surface area contributed by atoms with Gasteiger partial charge < -0.3 is 29.7 Å². The lowest BCUT2D eigenvalue weighted by molar-refractivity contribution is -0.138. The number of nitrogens with one attached hydrogen (secondary N) is 2. The van der Waals surface area contributed by atoms with Crippen LogP contribution in [0.3, 0.4) is 0 Å². The van der Waals surface area contributed by atoms with E-state index in [0.29, 0.717) is 62.7 Å². The van der Waals surface area contributed by atoms with Crippen LogP contribution in [0.25, 0.3) is 11.1 Å². The SMILES string of the molecule is CCN(C)C[C@H]1CCN(c2cc(F)c(-c3cnc(N4CCOCC4)nc3)cc2NC(=O)c2c[nH]c(=O)cc2C(F)(F)F)C1. The van der Waals surface area contributed by atoms with E-state index < -0.39 is 34.6 Å². The summed E-state index contributed by atoms with van der Waals surface area (Å²) in [5.41, 5.74) is -2.23. The van der Waals surface area contributed by atoms with E-state index in [1.807, 2.05) is 16.8 Å². The van der Waals surface area contributed by atoms with Crippen LogP contribution < -0.4 is 20.7 Å². The maximum Gasteiger partial charge on any atom is 0.417 e. The molecule has 10 nitrogen and oxygen atoms in total. The van der Waals surface area contributed by atoms with Crippen LogP contribution in [0, 0.1) is 11.7 Å². The molecule has 0 unspecified atom stereocenters. The van der Waals surface area contributed by atoms with Gasteiger partial charge in [0.25, 0.3) is 5.91 Å². The lowest BCUT2D eigenvalue weighted by atomic mass is 10.0. The lowest BCUT2D eigenvalue weighted by Gasteiger charge is -2.26. The third-order valence-corrected chi connectivity index (χ3v) is 7.79. The molecule has 0 bridgehead atoms. The first kappa shape index (κ1) is 30.4. The summed E-state index contributed by atoms with van der Waals surface area (Å²) in [6, 6.07) is 3.01. The van der Waals surface area contributed by atoms with Crippen LogP contribution in [0.1, 0.15) is 29.3 Å². The number of alkyl halides is 3. The molecule has 2 aliphatic rings. The maximum absolute atomic E-state index is 15.7. The number of morpholine rings is 1. The molecule has 2 saturated heterocycles. The van der Waals surface area contributed by atoms with Crippen LogP contribution in [-0.4, -0.2) is 85.3 Å². The van der Waals surface area contributed by atoms with Gasteiger partial charge in [-0.25, -0.2) is 14.4 Å². The zero-order valence-corrected chi connectivity index (χ0v) is 23.9. The van der Waals surface area contributed by atoms with Crippen molar-refractivity contribution in [2.75, 3.05) is 74.6 Å². The number of rotatable bonds is 8. The van der Waals surface area contributed by atoms with Crippen LogP contribution in [0.5, 0.6) is 0 Å². The molecule has 2 aromatic heterocycles. The van der Waals surface area contributed by atoms with Gasteiger partial charge in [-0.3, -0.25) is 9.59 Å². The van der Waals surface area contributed by atoms with Gasteiger partial charge in [-0.1, -0.05) is 6.92 Å². The zero-order chi connectivity index (χ0) is 30.7. The number of carbonyl (C=O) groups excluding carboxylic acids is 1. The highest BCUT2D eigenvalue weighted by molar-refractivity contribution is 6.07. The number of pyridine rings is 1. The second-order valence-electron chi connectivity index (χ2n) is 10.8. The number of carbonyl (C=O) groups is 1. The summed E-state index contributed by atoms with van der Waals surface area (Å²) >= 11 is 0. The van der Waals surface area contributed by atoms with E-state index in [9.17, 15) is 22.8 Å². The second-order valence-corrected chi connectivity index (χ2v) is 10.8. The summed E-state index contributed by atoms with van der Waals surface area (Å²) in [5.74, 6) is -0.934. The number of aromatic nitrogens is 3. The molecule has 14 heteroatoms. The van der Waals surface area contributed by atoms with Crippen LogP contribution in [0.2, 0.25) is 0 Å². The summed E-state index contributed by atoms with van der Waals surface area (Å²) in [6.07, 6.45) is -0.439. The predicted molar refractivity (Wildman–Crippen MR) is 154 cm³/mol. The van der Waals surface area contributed by atoms with Crippen molar-refractivity contribution in [3.63, 3.8) is 0 Å². The smallest absolute Gasteiger partial charge is 0.378 e. The Balaban J connectivity index is 1.50. The van der Waals surface area contributed by atoms with E-state index in [4.69, 9.17) is 4.74 Å². The first-order chi connectivity index (χ1) is 20.5. The molecule has 4 heterocycles. The Morgan fingerprint density at radius 2 is 1.86 bits per heavy atom. The molecule has 0 saturated carbocycles. The highest BCUT2D eigenvalue weighted by Crippen LogP contribution is 2.38. The van der Waals surface area contributed by atoms with Gasteiger partial charge in [-0.15, -0.1) is 0 Å². The van der Waals surface area contributed by atoms with Crippen LogP contribution in [0.15, 0.2) is 41.6 Å². The fourth-order valence-corrected chi connectivity index (χ4v) is 5.39. The molecule has 3 aromatic rings. The summed E-state index contributed by atoms with van der Waals surface area (Å²) in [4.78, 5) is 41.8. The van der Waals surface area contributed by atoms with Crippen molar-refractivity contribution in [2.45, 2.75) is 19.5 Å². The van der Waals surface area contributed by atoms with Gasteiger partial charge >= 0.3 is 6.18 Å². The Hall–Kier alpha value is -4.04. The molecule has 0 spiro atoms. The fourth-order valence-electron chi connectivity index (χ4n) is 5.39. The number of halogens is 4. The van der Waals surface area contributed by atoms with Crippen LogP contribution in [0.4, 0.5) is 34.9 Å². The van der Waals surface area contributed by atoms with Crippen molar-refractivity contribution in [2.24, 2.45) is 5.92 Å². The van der Waals surface area contributed by atoms with Gasteiger partial charge in [0.05, 0.1) is 35.7 Å². The number of aromatic amines is 1. The quantitative estimate of drug-likeness (QED) is 0.374. The lowest BCUT2D eigenvalue weighted by Crippen LogP contribution is -2.37. The standard InChI is InChI=1S/C29H33F4N7O3/c1-3-38(2)16-18-4-5-40(17-18)25-12-23(30)20(19-13-35-28(36-14-19)39-6-8-43-9-7-39)10-24(25)37-27(42)21-15-34-26(41)11-22(21)29(31,32)33/h10-15,18H,3-9,16-17H2,1-2H3,(H,34,41)(H,37,42)/t18-/m1/s1. The number of amides is 1. The molecule has 0 radical (unpaired) electrons. The number of H-pyrrole nitrogens is 1. The van der Waals surface area contributed by atoms with Crippen LogP contribution in [-0.2, 0) is 10.9 Å². The second kappa shape index (κ2) is 12.7. The van der Waals surface area contributed by atoms with Gasteiger partial charge in [0.2, 0.25) is 11.5 Å². The number of ether oxygens (including phenoxy) is 1. The molecule has 2 aliphatic heterocycles. The Morgan fingerprint density at radius 1 is 1.14 bits per heavy atom. The Labute approximate surface area is 245 Å². The zero-order valence-electron chi connectivity index (χ0n) is 23.9. The van der Waals surface area contributed by atoms with Crippen LogP contribution >= 0.6 is 0 Å². The molecule has 2 fully saturated rings. The largest absolute Gasteiger partial charge is 0.417 e. The summed E-state index contributed by atoms with van der Waals surface area (Å²) in [5, 5.41) is 2.56. The average Bonchev–Trinajstić information content (AvgIpc) is 3.46. The minimum absolute atomic E-state index is 0.0755. The van der Waals surface area contributed by atoms with Gasteiger partial charge in [-0.2, -0.15) is 13.2 Å². The minimum Gasteiger partial charge on any atom is -0.378 e. The molecular weight excluding hydrogens is 570 g/mol. The van der Waals surface area contributed by atoms with Gasteiger partial charge in [0, 0.05) is 68.5 Å². The molecular formula is C29H33F4N7O3. The molecule has 1 atom stereocenters. The van der Waals surface area contributed by atoms with Crippen molar-refractivity contribution in [3.8, 4) is 11.1 Å². The normalized spacial score (nSPS) is 17.5. The highest BCUT2D eigenvalue weighted by atomic mass is 19.4. The number of nitrogens with zero attached hydrogens (tertiary/aromatic N) is 5. The van der Waals surface area contributed by atoms with Gasteiger partial charge in [-0.05, 0) is 38.1 Å². The Kier molecular flexibility index (Phi) is 8.97. The molecule has 230 valence electrons. The van der Waals surface area contributed by atoms with Crippen molar-refractivity contribution >= 4 is 23.2 Å². The number of hydrogen-bond acceptors (Lipinski definition) is 8. The molecule has 5 rings (SSSR count). The van der Waals surface area contributed by atoms with Crippen molar-refractivity contribution in [1.82, 2.24) is 19.9 Å². The molecule has 1 aromatic carbocycles. The van der Waals surface area contributed by atoms with Crippen molar-refractivity contribution < 1.29 is 27.1 Å². The fraction of sp³-hybridized carbons (Fsp3) is 0.448. The predicted octanol–water partition coefficient (Wildman–Crippen LogP) is 3.86. The van der Waals surface area contributed by atoms with E-state index in [-0.39, 0.29) is 17.2 Å². The number of hydrogen-bond donors (Lipinski definition) is 2. The van der Waals surface area contributed by atoms with E-state index in [0.717, 1.165) is 25.7 Å². The highest BCUT2D eigenvalue weighted by Gasteiger charge is 2.36. The monoisotopic (exact) mass is 603 g/mol. The summed E-state index contributed by atoms with van der Waals surface area (Å²) < 4.78 is 62.2. The first-order valence-electron chi connectivity index (χ1n) is 14.1. The van der Waals surface area contributed by atoms with E-state index in [1.165, 1.54) is 24.5 Å². The average molecular weight is 604 g/mol. The Morgan fingerprint density at radius 3 is 2.53 bits per heavy atom. The van der Waals surface area contributed by atoms with E-state index >= 15 is 4.39 Å². The third kappa shape index (κ3) is 6.96. The van der Waals surface area contributed by atoms with E-state index in [1.54, 1.807) is 0 Å². The number of anilines is 3. The van der Waals surface area contributed by atoms with Gasteiger partial charge in [0.1, 0.15) is 5.82 Å². The minimum atomic E-state index is -4.94. The third-order valence-electron chi connectivity index (χ3n) is 7.79. The van der Waals surface area contributed by atoms with Crippen molar-refractivity contribution in [3.05, 3.63) is 64.1 Å². The molecule has 43 heavy (non-hydrogen) atoms. The topological polar surface area (TPSA) is 107 Å². The molecule has 2 N–H and O–H groups in total. The van der Waals surface area contributed by atoms with Crippen molar-refractivity contribution in [1.29, 1.82) is 0 Å². The maximum atomic E-state index is 15.7. The molecule has 0 aliphatic carbocycles. The van der Waals surface area contributed by atoms with Gasteiger partial charge in [0.15, 0.2) is 0 Å². The summed E-state index contributed by atoms with van der Waals surface area (Å²) in [6.45, 7) is 7.23. The molecule has 1 amide bonds. The number of benzene rings is 1. The van der Waals surface area contributed by atoms with E-state index in [2.05, 4.69) is 32.1 Å². The Bertz CT molecular complexity index is 1510. The first-order valence-corrected chi connectivity index (χ1v) is 14.1. The summed E-state index contributed by atoms with van der Waals surface area (Å²) in [7, 11) is 2.01.